The summed E-state index contributed by atoms with van der Waals surface area (Å²) in [5, 5.41) is 2.67. The maximum Gasteiger partial charge on any atom is 0.451 e. The molecule has 1 heterocycles. The number of hydrogen-bond acceptors (Lipinski definition) is 4. The van der Waals surface area contributed by atoms with E-state index in [1.807, 2.05) is 18.7 Å². The number of anilines is 2. The van der Waals surface area contributed by atoms with Gasteiger partial charge in [0.25, 0.3) is 0 Å². The van der Waals surface area contributed by atoms with Crippen molar-refractivity contribution in [3.8, 4) is 0 Å². The van der Waals surface area contributed by atoms with Crippen LogP contribution >= 0.6 is 0 Å². The van der Waals surface area contributed by atoms with Gasteiger partial charge in [-0.05, 0) is 18.8 Å². The molecule has 1 fully saturated rings. The molecular weight excluding hydrogens is 269 g/mol. The monoisotopic (exact) mass is 288 g/mol. The molecule has 1 aliphatic carbocycles. The van der Waals surface area contributed by atoms with Crippen LogP contribution in [0.1, 0.15) is 32.5 Å². The van der Waals surface area contributed by atoms with Crippen molar-refractivity contribution < 1.29 is 13.2 Å². The Morgan fingerprint density at radius 1 is 1.35 bits per heavy atom. The Morgan fingerprint density at radius 2 is 2.00 bits per heavy atom. The molecule has 0 atom stereocenters. The first-order valence-electron chi connectivity index (χ1n) is 6.72. The fourth-order valence-electron chi connectivity index (χ4n) is 2.05. The Morgan fingerprint density at radius 3 is 2.45 bits per heavy atom. The number of nitrogens with one attached hydrogen (secondary N) is 1. The summed E-state index contributed by atoms with van der Waals surface area (Å²) >= 11 is 0. The third-order valence-electron chi connectivity index (χ3n) is 3.07. The van der Waals surface area contributed by atoms with Gasteiger partial charge >= 0.3 is 6.18 Å². The Kier molecular flexibility index (Phi) is 4.06. The number of hydrogen-bond donors (Lipinski definition) is 1. The molecule has 0 aromatic carbocycles. The number of halogens is 3. The summed E-state index contributed by atoms with van der Waals surface area (Å²) in [4.78, 5) is 9.17. The van der Waals surface area contributed by atoms with E-state index in [-0.39, 0.29) is 5.82 Å². The topological polar surface area (TPSA) is 41.0 Å². The minimum Gasteiger partial charge on any atom is -0.373 e. The van der Waals surface area contributed by atoms with E-state index in [9.17, 15) is 13.2 Å². The van der Waals surface area contributed by atoms with Crippen molar-refractivity contribution in [3.05, 3.63) is 11.9 Å². The molecule has 0 bridgehead atoms. The fraction of sp³-hybridized carbons (Fsp3) is 0.692. The average molecular weight is 288 g/mol. The zero-order chi connectivity index (χ0) is 14.9. The molecule has 0 amide bonds. The van der Waals surface area contributed by atoms with Gasteiger partial charge in [-0.15, -0.1) is 0 Å². The standard InChI is InChI=1S/C13H19F3N4/c1-8(2)7-20(9-4-5-9)11-6-10(17-3)18-12(19-11)13(14,15)16/h6,8-9H,4-5,7H2,1-3H3,(H,17,18,19). The van der Waals surface area contributed by atoms with Crippen LogP contribution in [0.4, 0.5) is 24.8 Å². The average Bonchev–Trinajstić information content (AvgIpc) is 3.18. The van der Waals surface area contributed by atoms with Gasteiger partial charge in [0, 0.05) is 25.7 Å². The molecule has 1 aromatic rings. The molecule has 0 radical (unpaired) electrons. The van der Waals surface area contributed by atoms with Crippen LogP contribution in [0.3, 0.4) is 0 Å². The van der Waals surface area contributed by atoms with E-state index in [1.165, 1.54) is 0 Å². The van der Waals surface area contributed by atoms with Crippen LogP contribution in [-0.4, -0.2) is 29.6 Å². The highest BCUT2D eigenvalue weighted by Crippen LogP contribution is 2.34. The number of aromatic nitrogens is 2. The maximum absolute atomic E-state index is 12.9. The molecule has 2 rings (SSSR count). The molecule has 1 aromatic heterocycles. The van der Waals surface area contributed by atoms with Crippen LogP contribution < -0.4 is 10.2 Å². The van der Waals surface area contributed by atoms with Crippen molar-refractivity contribution in [2.24, 2.45) is 5.92 Å². The summed E-state index contributed by atoms with van der Waals surface area (Å²) in [5.74, 6) is -0.184. The fourth-order valence-corrected chi connectivity index (χ4v) is 2.05. The molecule has 1 N–H and O–H groups in total. The van der Waals surface area contributed by atoms with Crippen molar-refractivity contribution in [1.29, 1.82) is 0 Å². The predicted molar refractivity (Wildman–Crippen MR) is 71.8 cm³/mol. The number of nitrogens with zero attached hydrogens (tertiary/aromatic N) is 3. The normalized spacial score (nSPS) is 15.6. The summed E-state index contributed by atoms with van der Waals surface area (Å²) in [6.45, 7) is 4.78. The van der Waals surface area contributed by atoms with Crippen LogP contribution in [0.25, 0.3) is 0 Å². The number of rotatable bonds is 5. The Bertz CT molecular complexity index is 469. The van der Waals surface area contributed by atoms with Gasteiger partial charge in [0.15, 0.2) is 0 Å². The maximum atomic E-state index is 12.9. The minimum atomic E-state index is -4.53. The van der Waals surface area contributed by atoms with E-state index in [2.05, 4.69) is 15.3 Å². The van der Waals surface area contributed by atoms with Crippen molar-refractivity contribution in [1.82, 2.24) is 9.97 Å². The molecule has 7 heteroatoms. The zero-order valence-electron chi connectivity index (χ0n) is 11.8. The lowest BCUT2D eigenvalue weighted by atomic mass is 10.2. The molecule has 112 valence electrons. The quantitative estimate of drug-likeness (QED) is 0.903. The van der Waals surface area contributed by atoms with Crippen LogP contribution in [-0.2, 0) is 6.18 Å². The Hall–Kier alpha value is -1.53. The van der Waals surface area contributed by atoms with E-state index in [4.69, 9.17) is 0 Å². The van der Waals surface area contributed by atoms with E-state index in [1.54, 1.807) is 13.1 Å². The van der Waals surface area contributed by atoms with Gasteiger partial charge in [-0.1, -0.05) is 13.8 Å². The van der Waals surface area contributed by atoms with E-state index >= 15 is 0 Å². The predicted octanol–water partition coefficient (Wildman–Crippen LogP) is 3.16. The van der Waals surface area contributed by atoms with Crippen LogP contribution in [0.2, 0.25) is 0 Å². The van der Waals surface area contributed by atoms with Crippen LogP contribution in [0.5, 0.6) is 0 Å². The third-order valence-corrected chi connectivity index (χ3v) is 3.07. The largest absolute Gasteiger partial charge is 0.451 e. The second-order valence-corrected chi connectivity index (χ2v) is 5.46. The van der Waals surface area contributed by atoms with Crippen molar-refractivity contribution in [3.63, 3.8) is 0 Å². The van der Waals surface area contributed by atoms with Crippen LogP contribution in [0.15, 0.2) is 6.07 Å². The smallest absolute Gasteiger partial charge is 0.373 e. The van der Waals surface area contributed by atoms with E-state index in [0.717, 1.165) is 12.8 Å². The second-order valence-electron chi connectivity index (χ2n) is 5.46. The molecular formula is C13H19F3N4. The summed E-state index contributed by atoms with van der Waals surface area (Å²) in [7, 11) is 1.55. The lowest BCUT2D eigenvalue weighted by Crippen LogP contribution is -2.31. The lowest BCUT2D eigenvalue weighted by Gasteiger charge is -2.26. The van der Waals surface area contributed by atoms with Gasteiger partial charge < -0.3 is 10.2 Å². The summed E-state index contributed by atoms with van der Waals surface area (Å²) in [6.07, 6.45) is -2.52. The van der Waals surface area contributed by atoms with E-state index in [0.29, 0.717) is 24.3 Å². The van der Waals surface area contributed by atoms with Gasteiger partial charge in [-0.2, -0.15) is 13.2 Å². The van der Waals surface area contributed by atoms with Gasteiger partial charge in [0.1, 0.15) is 11.6 Å². The Labute approximate surface area is 116 Å². The molecule has 1 aliphatic rings. The summed E-state index contributed by atoms with van der Waals surface area (Å²) in [5.41, 5.74) is 0. The summed E-state index contributed by atoms with van der Waals surface area (Å²) < 4.78 is 38.6. The minimum absolute atomic E-state index is 0.191. The van der Waals surface area contributed by atoms with Gasteiger partial charge in [0.2, 0.25) is 5.82 Å². The van der Waals surface area contributed by atoms with Gasteiger partial charge in [-0.25, -0.2) is 9.97 Å². The highest BCUT2D eigenvalue weighted by molar-refractivity contribution is 5.51. The zero-order valence-corrected chi connectivity index (χ0v) is 11.8. The molecule has 0 spiro atoms. The SMILES string of the molecule is CNc1cc(N(CC(C)C)C2CC2)nc(C(F)(F)F)n1. The number of alkyl halides is 3. The van der Waals surface area contributed by atoms with Crippen molar-refractivity contribution >= 4 is 11.6 Å². The highest BCUT2D eigenvalue weighted by atomic mass is 19.4. The first-order valence-corrected chi connectivity index (χ1v) is 6.72. The third kappa shape index (κ3) is 3.52. The highest BCUT2D eigenvalue weighted by Gasteiger charge is 2.37. The van der Waals surface area contributed by atoms with Crippen LogP contribution in [0, 0.1) is 5.92 Å². The molecule has 4 nitrogen and oxygen atoms in total. The lowest BCUT2D eigenvalue weighted by molar-refractivity contribution is -0.144. The van der Waals surface area contributed by atoms with E-state index < -0.39 is 12.0 Å². The molecule has 0 unspecified atom stereocenters. The van der Waals surface area contributed by atoms with Crippen molar-refractivity contribution in [2.75, 3.05) is 23.8 Å². The molecule has 20 heavy (non-hydrogen) atoms. The van der Waals surface area contributed by atoms with Gasteiger partial charge in [0.05, 0.1) is 0 Å². The Balaban J connectivity index is 2.37. The van der Waals surface area contributed by atoms with Gasteiger partial charge in [-0.3, -0.25) is 0 Å². The van der Waals surface area contributed by atoms with Crippen molar-refractivity contribution in [2.45, 2.75) is 38.9 Å². The second kappa shape index (κ2) is 5.46. The summed E-state index contributed by atoms with van der Waals surface area (Å²) in [6, 6.07) is 1.88. The first-order chi connectivity index (χ1) is 9.31. The first kappa shape index (κ1) is 14.9. The molecule has 0 aliphatic heterocycles. The molecule has 1 saturated carbocycles. The molecule has 0 saturated heterocycles.